The Bertz CT molecular complexity index is 766. The van der Waals surface area contributed by atoms with Gasteiger partial charge in [0, 0.05) is 23.5 Å². The van der Waals surface area contributed by atoms with Crippen molar-refractivity contribution in [1.29, 1.82) is 0 Å². The first kappa shape index (κ1) is 18.4. The number of hydrogen-bond acceptors (Lipinski definition) is 3. The largest absolute Gasteiger partial charge is 0.354 e. The SMILES string of the molecule is Cc1nc2c(c(C)nn2C(C)(C)C)c(C)c1CCC(=O)NC(C)C. The second-order valence-corrected chi connectivity index (χ2v) is 7.89. The minimum Gasteiger partial charge on any atom is -0.354 e. The van der Waals surface area contributed by atoms with Crippen molar-refractivity contribution in [2.45, 2.75) is 79.8 Å². The average molecular weight is 330 g/mol. The van der Waals surface area contributed by atoms with Crippen molar-refractivity contribution in [1.82, 2.24) is 20.1 Å². The van der Waals surface area contributed by atoms with Crippen LogP contribution in [0.25, 0.3) is 11.0 Å². The molecule has 0 atom stereocenters. The Balaban J connectivity index is 2.43. The zero-order chi connectivity index (χ0) is 18.2. The van der Waals surface area contributed by atoms with Gasteiger partial charge in [0.15, 0.2) is 5.65 Å². The van der Waals surface area contributed by atoms with Crippen LogP contribution >= 0.6 is 0 Å². The summed E-state index contributed by atoms with van der Waals surface area (Å²) in [4.78, 5) is 16.8. The maximum Gasteiger partial charge on any atom is 0.220 e. The molecule has 0 bridgehead atoms. The molecule has 5 nitrogen and oxygen atoms in total. The number of nitrogens with zero attached hydrogens (tertiary/aromatic N) is 3. The smallest absolute Gasteiger partial charge is 0.220 e. The minimum absolute atomic E-state index is 0.0889. The molecule has 24 heavy (non-hydrogen) atoms. The van der Waals surface area contributed by atoms with Gasteiger partial charge in [0.05, 0.1) is 11.2 Å². The molecule has 0 radical (unpaired) electrons. The molecule has 0 aromatic carbocycles. The van der Waals surface area contributed by atoms with Crippen LogP contribution in [0.4, 0.5) is 0 Å². The van der Waals surface area contributed by atoms with E-state index in [0.29, 0.717) is 12.8 Å². The van der Waals surface area contributed by atoms with E-state index in [-0.39, 0.29) is 17.5 Å². The molecule has 2 aromatic heterocycles. The Morgan fingerprint density at radius 1 is 1.17 bits per heavy atom. The maximum atomic E-state index is 12.0. The Kier molecular flexibility index (Phi) is 5.02. The highest BCUT2D eigenvalue weighted by molar-refractivity contribution is 5.84. The lowest BCUT2D eigenvalue weighted by Gasteiger charge is -2.20. The number of rotatable bonds is 4. The number of nitrogens with one attached hydrogen (secondary N) is 1. The van der Waals surface area contributed by atoms with Gasteiger partial charge in [-0.05, 0) is 72.9 Å². The van der Waals surface area contributed by atoms with Crippen molar-refractivity contribution in [2.24, 2.45) is 0 Å². The summed E-state index contributed by atoms with van der Waals surface area (Å²) in [6, 6.07) is 0.174. The van der Waals surface area contributed by atoms with E-state index in [0.717, 1.165) is 28.0 Å². The summed E-state index contributed by atoms with van der Waals surface area (Å²) in [7, 11) is 0. The highest BCUT2D eigenvalue weighted by Crippen LogP contribution is 2.29. The van der Waals surface area contributed by atoms with E-state index in [4.69, 9.17) is 10.1 Å². The summed E-state index contributed by atoms with van der Waals surface area (Å²) in [5.74, 6) is 0.0889. The van der Waals surface area contributed by atoms with Gasteiger partial charge in [0.1, 0.15) is 0 Å². The topological polar surface area (TPSA) is 59.8 Å². The Hall–Kier alpha value is -1.91. The second kappa shape index (κ2) is 6.54. The van der Waals surface area contributed by atoms with E-state index in [9.17, 15) is 4.79 Å². The van der Waals surface area contributed by atoms with Gasteiger partial charge in [-0.15, -0.1) is 0 Å². The number of hydrogen-bond donors (Lipinski definition) is 1. The average Bonchev–Trinajstić information content (AvgIpc) is 2.74. The Morgan fingerprint density at radius 3 is 2.33 bits per heavy atom. The fourth-order valence-electron chi connectivity index (χ4n) is 3.17. The number of pyridine rings is 1. The molecule has 0 fully saturated rings. The quantitative estimate of drug-likeness (QED) is 0.932. The molecule has 0 spiro atoms. The normalized spacial score (nSPS) is 12.2. The summed E-state index contributed by atoms with van der Waals surface area (Å²) in [6.07, 6.45) is 1.19. The third-order valence-electron chi connectivity index (χ3n) is 4.26. The predicted molar refractivity (Wildman–Crippen MR) is 98.3 cm³/mol. The molecule has 1 amide bonds. The summed E-state index contributed by atoms with van der Waals surface area (Å²) >= 11 is 0. The minimum atomic E-state index is -0.114. The van der Waals surface area contributed by atoms with Gasteiger partial charge in [-0.3, -0.25) is 4.79 Å². The number of fused-ring (bicyclic) bond motifs is 1. The molecule has 0 unspecified atom stereocenters. The van der Waals surface area contributed by atoms with Crippen molar-refractivity contribution in [3.05, 3.63) is 22.5 Å². The van der Waals surface area contributed by atoms with E-state index in [1.54, 1.807) is 0 Å². The van der Waals surface area contributed by atoms with E-state index >= 15 is 0 Å². The summed E-state index contributed by atoms with van der Waals surface area (Å²) in [5.41, 5.74) is 5.17. The summed E-state index contributed by atoms with van der Waals surface area (Å²) in [5, 5.41) is 8.78. The number of carbonyl (C=O) groups excluding carboxylic acids is 1. The van der Waals surface area contributed by atoms with Gasteiger partial charge in [0.2, 0.25) is 5.91 Å². The first-order valence-electron chi connectivity index (χ1n) is 8.67. The number of amides is 1. The third-order valence-corrected chi connectivity index (χ3v) is 4.26. The van der Waals surface area contributed by atoms with Gasteiger partial charge in [-0.2, -0.15) is 5.10 Å². The highest BCUT2D eigenvalue weighted by Gasteiger charge is 2.23. The van der Waals surface area contributed by atoms with Crippen molar-refractivity contribution in [2.75, 3.05) is 0 Å². The molecule has 0 aliphatic rings. The van der Waals surface area contributed by atoms with Crippen molar-refractivity contribution in [3.63, 3.8) is 0 Å². The Labute approximate surface area is 144 Å². The van der Waals surface area contributed by atoms with Crippen molar-refractivity contribution < 1.29 is 4.79 Å². The molecule has 0 aliphatic carbocycles. The van der Waals surface area contributed by atoms with E-state index in [1.165, 1.54) is 5.56 Å². The summed E-state index contributed by atoms with van der Waals surface area (Å²) < 4.78 is 2.01. The van der Waals surface area contributed by atoms with Crippen LogP contribution in [0.2, 0.25) is 0 Å². The fraction of sp³-hybridized carbons (Fsp3) is 0.632. The summed E-state index contributed by atoms with van der Waals surface area (Å²) in [6.45, 7) is 16.5. The monoisotopic (exact) mass is 330 g/mol. The molecule has 2 aromatic rings. The van der Waals surface area contributed by atoms with Crippen LogP contribution in [0.15, 0.2) is 0 Å². The molecular formula is C19H30N4O. The van der Waals surface area contributed by atoms with Crippen molar-refractivity contribution >= 4 is 16.9 Å². The van der Waals surface area contributed by atoms with Gasteiger partial charge in [-0.25, -0.2) is 9.67 Å². The molecule has 2 rings (SSSR count). The molecule has 0 saturated heterocycles. The van der Waals surface area contributed by atoms with Crippen molar-refractivity contribution in [3.8, 4) is 0 Å². The van der Waals surface area contributed by atoms with Crippen LogP contribution in [-0.4, -0.2) is 26.7 Å². The van der Waals surface area contributed by atoms with Crippen LogP contribution in [0.5, 0.6) is 0 Å². The lowest BCUT2D eigenvalue weighted by molar-refractivity contribution is -0.121. The van der Waals surface area contributed by atoms with Crippen LogP contribution in [0, 0.1) is 20.8 Å². The van der Waals surface area contributed by atoms with Crippen LogP contribution in [0.3, 0.4) is 0 Å². The lowest BCUT2D eigenvalue weighted by Crippen LogP contribution is -2.30. The number of aryl methyl sites for hydroxylation is 3. The van der Waals surface area contributed by atoms with Gasteiger partial charge < -0.3 is 5.32 Å². The van der Waals surface area contributed by atoms with Crippen LogP contribution in [0.1, 0.15) is 63.6 Å². The zero-order valence-corrected chi connectivity index (χ0v) is 16.2. The van der Waals surface area contributed by atoms with Gasteiger partial charge >= 0.3 is 0 Å². The van der Waals surface area contributed by atoms with Crippen LogP contribution < -0.4 is 5.32 Å². The molecular weight excluding hydrogens is 300 g/mol. The fourth-order valence-corrected chi connectivity index (χ4v) is 3.17. The number of carbonyl (C=O) groups is 1. The highest BCUT2D eigenvalue weighted by atomic mass is 16.1. The standard InChI is InChI=1S/C19H30N4O/c1-11(2)20-16(24)10-9-15-12(3)17-14(5)22-23(19(6,7)8)18(17)21-13(15)4/h11H,9-10H2,1-8H3,(H,20,24). The zero-order valence-electron chi connectivity index (χ0n) is 16.2. The first-order valence-corrected chi connectivity index (χ1v) is 8.67. The molecule has 5 heteroatoms. The van der Waals surface area contributed by atoms with Crippen LogP contribution in [-0.2, 0) is 16.8 Å². The maximum absolute atomic E-state index is 12.0. The molecule has 0 aliphatic heterocycles. The first-order chi connectivity index (χ1) is 11.0. The third kappa shape index (κ3) is 3.60. The van der Waals surface area contributed by atoms with Gasteiger partial charge in [-0.1, -0.05) is 0 Å². The predicted octanol–water partition coefficient (Wildman–Crippen LogP) is 3.57. The van der Waals surface area contributed by atoms with E-state index in [2.05, 4.69) is 33.0 Å². The lowest BCUT2D eigenvalue weighted by atomic mass is 9.99. The Morgan fingerprint density at radius 2 is 1.79 bits per heavy atom. The second-order valence-electron chi connectivity index (χ2n) is 7.89. The molecule has 2 heterocycles. The molecule has 1 N–H and O–H groups in total. The van der Waals surface area contributed by atoms with E-state index < -0.39 is 0 Å². The van der Waals surface area contributed by atoms with Gasteiger partial charge in [0.25, 0.3) is 0 Å². The van der Waals surface area contributed by atoms with E-state index in [1.807, 2.05) is 32.4 Å². The molecule has 0 saturated carbocycles. The number of aromatic nitrogens is 3. The molecule has 132 valence electrons.